The SMILES string of the molecule is COCCCOc1cc(CC(CCC2CCC(=O)O2)(NC(=O)OC(C)(C)C)C(C)C)ccc1OC. The fourth-order valence-corrected chi connectivity index (χ4v) is 4.24. The molecule has 0 radical (unpaired) electrons. The molecule has 8 heteroatoms. The fourth-order valence-electron chi connectivity index (χ4n) is 4.24. The Morgan fingerprint density at radius 3 is 2.49 bits per heavy atom. The van der Waals surface area contributed by atoms with Crippen molar-refractivity contribution in [1.29, 1.82) is 0 Å². The number of methoxy groups -OCH3 is 2. The average Bonchev–Trinajstić information content (AvgIpc) is 3.19. The van der Waals surface area contributed by atoms with Gasteiger partial charge in [0.25, 0.3) is 0 Å². The summed E-state index contributed by atoms with van der Waals surface area (Å²) in [4.78, 5) is 24.5. The average molecular weight is 494 g/mol. The first-order valence-electron chi connectivity index (χ1n) is 12.5. The Kier molecular flexibility index (Phi) is 10.7. The van der Waals surface area contributed by atoms with Crippen LogP contribution in [-0.4, -0.2) is 56.7 Å². The van der Waals surface area contributed by atoms with Gasteiger partial charge in [-0.25, -0.2) is 4.79 Å². The van der Waals surface area contributed by atoms with Crippen molar-refractivity contribution in [3.63, 3.8) is 0 Å². The van der Waals surface area contributed by atoms with Gasteiger partial charge >= 0.3 is 12.1 Å². The molecule has 1 aromatic carbocycles. The highest BCUT2D eigenvalue weighted by atomic mass is 16.6. The molecule has 0 saturated carbocycles. The summed E-state index contributed by atoms with van der Waals surface area (Å²) in [6, 6.07) is 5.85. The minimum Gasteiger partial charge on any atom is -0.493 e. The summed E-state index contributed by atoms with van der Waals surface area (Å²) in [5.74, 6) is 1.23. The Balaban J connectivity index is 2.29. The van der Waals surface area contributed by atoms with Gasteiger partial charge in [0, 0.05) is 32.1 Å². The summed E-state index contributed by atoms with van der Waals surface area (Å²) in [6.07, 6.45) is 3.19. The van der Waals surface area contributed by atoms with Crippen molar-refractivity contribution in [2.24, 2.45) is 5.92 Å². The van der Waals surface area contributed by atoms with Crippen molar-refractivity contribution in [3.8, 4) is 11.5 Å². The predicted molar refractivity (Wildman–Crippen MR) is 134 cm³/mol. The molecule has 198 valence electrons. The van der Waals surface area contributed by atoms with Crippen LogP contribution in [0.15, 0.2) is 18.2 Å². The molecule has 0 aromatic heterocycles. The Hall–Kier alpha value is -2.48. The zero-order chi connectivity index (χ0) is 26.1. The molecule has 8 nitrogen and oxygen atoms in total. The van der Waals surface area contributed by atoms with Gasteiger partial charge in [-0.2, -0.15) is 0 Å². The van der Waals surface area contributed by atoms with Crippen LogP contribution in [0.25, 0.3) is 0 Å². The van der Waals surface area contributed by atoms with Gasteiger partial charge in [-0.3, -0.25) is 4.79 Å². The van der Waals surface area contributed by atoms with Gasteiger partial charge in [0.05, 0.1) is 13.7 Å². The molecule has 1 heterocycles. The summed E-state index contributed by atoms with van der Waals surface area (Å²) in [6.45, 7) is 10.8. The van der Waals surface area contributed by atoms with E-state index < -0.39 is 17.2 Å². The number of cyclic esters (lactones) is 1. The lowest BCUT2D eigenvalue weighted by Gasteiger charge is -2.40. The number of nitrogens with one attached hydrogen (secondary N) is 1. The van der Waals surface area contributed by atoms with Crippen molar-refractivity contribution in [2.45, 2.75) is 90.4 Å². The lowest BCUT2D eigenvalue weighted by molar-refractivity contribution is -0.141. The van der Waals surface area contributed by atoms with E-state index >= 15 is 0 Å². The van der Waals surface area contributed by atoms with Crippen LogP contribution >= 0.6 is 0 Å². The third-order valence-corrected chi connectivity index (χ3v) is 6.23. The quantitative estimate of drug-likeness (QED) is 0.303. The van der Waals surface area contributed by atoms with Crippen LogP contribution in [0.2, 0.25) is 0 Å². The number of benzene rings is 1. The van der Waals surface area contributed by atoms with Crippen molar-refractivity contribution < 1.29 is 33.3 Å². The smallest absolute Gasteiger partial charge is 0.408 e. The van der Waals surface area contributed by atoms with Crippen molar-refractivity contribution >= 4 is 12.1 Å². The molecule has 35 heavy (non-hydrogen) atoms. The zero-order valence-corrected chi connectivity index (χ0v) is 22.4. The van der Waals surface area contributed by atoms with Gasteiger partial charge in [0.2, 0.25) is 0 Å². The lowest BCUT2D eigenvalue weighted by Crippen LogP contribution is -2.55. The van der Waals surface area contributed by atoms with E-state index in [0.717, 1.165) is 12.0 Å². The second-order valence-electron chi connectivity index (χ2n) is 10.5. The predicted octanol–water partition coefficient (Wildman–Crippen LogP) is 5.06. The third kappa shape index (κ3) is 9.24. The van der Waals surface area contributed by atoms with E-state index in [-0.39, 0.29) is 18.0 Å². The Labute approximate surface area is 210 Å². The molecular weight excluding hydrogens is 450 g/mol. The van der Waals surface area contributed by atoms with Gasteiger partial charge in [0.15, 0.2) is 11.5 Å². The van der Waals surface area contributed by atoms with Crippen LogP contribution in [0.3, 0.4) is 0 Å². The normalized spacial score (nSPS) is 17.6. The molecule has 1 N–H and O–H groups in total. The number of amides is 1. The zero-order valence-electron chi connectivity index (χ0n) is 22.4. The topological polar surface area (TPSA) is 92.3 Å². The maximum absolute atomic E-state index is 12.9. The maximum atomic E-state index is 12.9. The molecule has 1 aliphatic rings. The number of rotatable bonds is 13. The lowest BCUT2D eigenvalue weighted by atomic mass is 9.76. The van der Waals surface area contributed by atoms with E-state index in [9.17, 15) is 9.59 Å². The highest BCUT2D eigenvalue weighted by Gasteiger charge is 2.38. The number of alkyl carbamates (subject to hydrolysis) is 1. The molecule has 1 aromatic rings. The molecule has 2 rings (SSSR count). The monoisotopic (exact) mass is 493 g/mol. The first-order valence-corrected chi connectivity index (χ1v) is 12.5. The second kappa shape index (κ2) is 13.0. The number of esters is 1. The molecule has 2 atom stereocenters. The Morgan fingerprint density at radius 1 is 1.17 bits per heavy atom. The van der Waals surface area contributed by atoms with E-state index in [1.54, 1.807) is 14.2 Å². The first-order chi connectivity index (χ1) is 16.5. The molecule has 1 aliphatic heterocycles. The summed E-state index contributed by atoms with van der Waals surface area (Å²) in [7, 11) is 3.28. The maximum Gasteiger partial charge on any atom is 0.408 e. The van der Waals surface area contributed by atoms with Crippen LogP contribution in [0.5, 0.6) is 11.5 Å². The fraction of sp³-hybridized carbons (Fsp3) is 0.704. The second-order valence-corrected chi connectivity index (χ2v) is 10.5. The molecule has 0 bridgehead atoms. The number of hydrogen-bond donors (Lipinski definition) is 1. The molecule has 1 amide bonds. The van der Waals surface area contributed by atoms with Crippen molar-refractivity contribution in [1.82, 2.24) is 5.32 Å². The van der Waals surface area contributed by atoms with Gasteiger partial charge in [-0.1, -0.05) is 19.9 Å². The van der Waals surface area contributed by atoms with E-state index in [1.165, 1.54) is 0 Å². The first kappa shape index (κ1) is 28.8. The van der Waals surface area contributed by atoms with Crippen molar-refractivity contribution in [3.05, 3.63) is 23.8 Å². The number of carbonyl (C=O) groups is 2. The van der Waals surface area contributed by atoms with E-state index in [2.05, 4.69) is 19.2 Å². The summed E-state index contributed by atoms with van der Waals surface area (Å²) in [5, 5.41) is 3.19. The minimum absolute atomic E-state index is 0.0836. The number of hydrogen-bond acceptors (Lipinski definition) is 7. The highest BCUT2D eigenvalue weighted by Crippen LogP contribution is 2.35. The van der Waals surface area contributed by atoms with Gasteiger partial charge in [0.1, 0.15) is 11.7 Å². The van der Waals surface area contributed by atoms with Crippen LogP contribution in [0.4, 0.5) is 4.79 Å². The van der Waals surface area contributed by atoms with E-state index in [4.69, 9.17) is 23.7 Å². The molecular formula is C27H43NO7. The van der Waals surface area contributed by atoms with Gasteiger partial charge < -0.3 is 29.0 Å². The van der Waals surface area contributed by atoms with E-state index in [1.807, 2.05) is 39.0 Å². The summed E-state index contributed by atoms with van der Waals surface area (Å²) in [5.41, 5.74) is -0.225. The van der Waals surface area contributed by atoms with Gasteiger partial charge in [-0.05, 0) is 70.1 Å². The number of ether oxygens (including phenoxy) is 5. The van der Waals surface area contributed by atoms with Crippen LogP contribution in [0, 0.1) is 5.92 Å². The Bertz CT molecular complexity index is 833. The third-order valence-electron chi connectivity index (χ3n) is 6.23. The molecule has 0 aliphatic carbocycles. The van der Waals surface area contributed by atoms with Crippen LogP contribution < -0.4 is 14.8 Å². The van der Waals surface area contributed by atoms with Crippen molar-refractivity contribution in [2.75, 3.05) is 27.4 Å². The highest BCUT2D eigenvalue weighted by molar-refractivity contribution is 5.71. The molecule has 0 spiro atoms. The standard InChI is InChI=1S/C27H43NO7/c1-19(2)27(28-25(30)35-26(3,4)5,14-13-21-10-12-24(29)34-21)18-20-9-11-22(32-7)23(17-20)33-16-8-15-31-6/h9,11,17,19,21H,8,10,12-16,18H2,1-7H3,(H,28,30). The summed E-state index contributed by atoms with van der Waals surface area (Å²) < 4.78 is 27.6. The summed E-state index contributed by atoms with van der Waals surface area (Å²) >= 11 is 0. The Morgan fingerprint density at radius 2 is 1.91 bits per heavy atom. The minimum atomic E-state index is -0.614. The number of carbonyl (C=O) groups excluding carboxylic acids is 2. The molecule has 1 fully saturated rings. The molecule has 1 saturated heterocycles. The molecule has 2 unspecified atom stereocenters. The van der Waals surface area contributed by atoms with E-state index in [0.29, 0.717) is 56.8 Å². The van der Waals surface area contributed by atoms with Crippen LogP contribution in [0.1, 0.15) is 72.3 Å². The largest absolute Gasteiger partial charge is 0.493 e. The van der Waals surface area contributed by atoms with Gasteiger partial charge in [-0.15, -0.1) is 0 Å². The van der Waals surface area contributed by atoms with Crippen LogP contribution in [-0.2, 0) is 25.4 Å².